The van der Waals surface area contributed by atoms with Crippen LogP contribution < -0.4 is 0 Å². The third kappa shape index (κ3) is 3.12. The van der Waals surface area contributed by atoms with E-state index in [0.717, 1.165) is 5.56 Å². The molecule has 0 saturated heterocycles. The Hall–Kier alpha value is -2.79. The van der Waals surface area contributed by atoms with Crippen molar-refractivity contribution in [2.45, 2.75) is 6.61 Å². The van der Waals surface area contributed by atoms with Crippen molar-refractivity contribution in [3.05, 3.63) is 70.9 Å². The van der Waals surface area contributed by atoms with Gasteiger partial charge in [0.15, 0.2) is 0 Å². The molecule has 0 unspecified atom stereocenters. The molecule has 24 heavy (non-hydrogen) atoms. The molecule has 2 aromatic carbocycles. The van der Waals surface area contributed by atoms with Crippen molar-refractivity contribution < 1.29 is 19.1 Å². The standard InChI is InChI=1S/C18H14ClNO4/c1-23-17(21)16-10-13-9-14(19)7-8-15(13)20(16)18(22)24-11-12-5-3-2-4-6-12/h2-10H,11H2,1H3. The van der Waals surface area contributed by atoms with Crippen LogP contribution in [0.15, 0.2) is 54.6 Å². The number of carbonyl (C=O) groups excluding carboxylic acids is 2. The van der Waals surface area contributed by atoms with Crippen molar-refractivity contribution in [3.63, 3.8) is 0 Å². The monoisotopic (exact) mass is 343 g/mol. The van der Waals surface area contributed by atoms with E-state index >= 15 is 0 Å². The number of halogens is 1. The highest BCUT2D eigenvalue weighted by Crippen LogP contribution is 2.24. The Bertz CT molecular complexity index is 902. The summed E-state index contributed by atoms with van der Waals surface area (Å²) in [6, 6.07) is 15.8. The number of esters is 1. The predicted octanol–water partition coefficient (Wildman–Crippen LogP) is 4.27. The van der Waals surface area contributed by atoms with Crippen LogP contribution in [0.25, 0.3) is 10.9 Å². The summed E-state index contributed by atoms with van der Waals surface area (Å²) >= 11 is 5.97. The molecule has 122 valence electrons. The van der Waals surface area contributed by atoms with Crippen molar-refractivity contribution in [1.82, 2.24) is 4.57 Å². The first kappa shape index (κ1) is 16.1. The van der Waals surface area contributed by atoms with Gasteiger partial charge in [-0.05, 0) is 29.8 Å². The zero-order valence-electron chi connectivity index (χ0n) is 12.9. The molecule has 3 rings (SSSR count). The van der Waals surface area contributed by atoms with E-state index in [1.807, 2.05) is 30.3 Å². The lowest BCUT2D eigenvalue weighted by molar-refractivity contribution is 0.0585. The van der Waals surface area contributed by atoms with Crippen molar-refractivity contribution in [3.8, 4) is 0 Å². The number of methoxy groups -OCH3 is 1. The molecular formula is C18H14ClNO4. The first-order valence-electron chi connectivity index (χ1n) is 7.20. The van der Waals surface area contributed by atoms with Crippen molar-refractivity contribution in [2.24, 2.45) is 0 Å². The Morgan fingerprint density at radius 2 is 1.83 bits per heavy atom. The van der Waals surface area contributed by atoms with Gasteiger partial charge in [-0.1, -0.05) is 41.9 Å². The zero-order chi connectivity index (χ0) is 17.1. The normalized spacial score (nSPS) is 10.6. The molecule has 0 aliphatic heterocycles. The smallest absolute Gasteiger partial charge is 0.419 e. The number of aromatic nitrogens is 1. The van der Waals surface area contributed by atoms with Crippen LogP contribution in [-0.2, 0) is 16.1 Å². The molecule has 6 heteroatoms. The zero-order valence-corrected chi connectivity index (χ0v) is 13.6. The van der Waals surface area contributed by atoms with E-state index in [1.54, 1.807) is 24.3 Å². The maximum atomic E-state index is 12.5. The molecule has 3 aromatic rings. The summed E-state index contributed by atoms with van der Waals surface area (Å²) in [6.07, 6.45) is -0.656. The minimum atomic E-state index is -0.656. The topological polar surface area (TPSA) is 57.5 Å². The molecule has 0 saturated carbocycles. The van der Waals surface area contributed by atoms with Gasteiger partial charge in [0.2, 0.25) is 0 Å². The summed E-state index contributed by atoms with van der Waals surface area (Å²) in [5.41, 5.74) is 1.47. The second-order valence-electron chi connectivity index (χ2n) is 5.10. The van der Waals surface area contributed by atoms with Gasteiger partial charge in [0.05, 0.1) is 12.6 Å². The lowest BCUT2D eigenvalue weighted by Gasteiger charge is -2.09. The highest BCUT2D eigenvalue weighted by atomic mass is 35.5. The predicted molar refractivity (Wildman–Crippen MR) is 90.3 cm³/mol. The molecule has 0 atom stereocenters. The van der Waals surface area contributed by atoms with Crippen LogP contribution in [0.1, 0.15) is 16.1 Å². The Morgan fingerprint density at radius 3 is 2.54 bits per heavy atom. The van der Waals surface area contributed by atoms with Crippen LogP contribution in [0.4, 0.5) is 4.79 Å². The largest absolute Gasteiger partial charge is 0.464 e. The summed E-state index contributed by atoms with van der Waals surface area (Å²) in [5, 5.41) is 1.16. The van der Waals surface area contributed by atoms with Crippen LogP contribution in [0, 0.1) is 0 Å². The molecule has 0 amide bonds. The lowest BCUT2D eigenvalue weighted by Crippen LogP contribution is -2.19. The van der Waals surface area contributed by atoms with E-state index in [9.17, 15) is 9.59 Å². The first-order chi connectivity index (χ1) is 11.6. The van der Waals surface area contributed by atoms with E-state index in [4.69, 9.17) is 21.1 Å². The number of benzene rings is 2. The Morgan fingerprint density at radius 1 is 1.08 bits per heavy atom. The number of hydrogen-bond donors (Lipinski definition) is 0. The maximum Gasteiger partial charge on any atom is 0.419 e. The molecule has 0 aliphatic carbocycles. The summed E-state index contributed by atoms with van der Waals surface area (Å²) in [7, 11) is 1.26. The van der Waals surface area contributed by atoms with Gasteiger partial charge in [0.25, 0.3) is 0 Å². The van der Waals surface area contributed by atoms with E-state index in [2.05, 4.69) is 0 Å². The summed E-state index contributed by atoms with van der Waals surface area (Å²) in [5.74, 6) is -0.626. The number of ether oxygens (including phenoxy) is 2. The van der Waals surface area contributed by atoms with E-state index in [-0.39, 0.29) is 12.3 Å². The number of fused-ring (bicyclic) bond motifs is 1. The van der Waals surface area contributed by atoms with Crippen LogP contribution >= 0.6 is 11.6 Å². The number of rotatable bonds is 3. The van der Waals surface area contributed by atoms with Gasteiger partial charge in [-0.25, -0.2) is 14.2 Å². The fourth-order valence-corrected chi connectivity index (χ4v) is 2.60. The second kappa shape index (κ2) is 6.76. The molecule has 5 nitrogen and oxygen atoms in total. The molecule has 0 N–H and O–H groups in total. The molecule has 0 radical (unpaired) electrons. The van der Waals surface area contributed by atoms with Crippen LogP contribution in [0.2, 0.25) is 5.02 Å². The highest BCUT2D eigenvalue weighted by Gasteiger charge is 2.22. The first-order valence-corrected chi connectivity index (χ1v) is 7.58. The van der Waals surface area contributed by atoms with Gasteiger partial charge in [-0.3, -0.25) is 0 Å². The van der Waals surface area contributed by atoms with Gasteiger partial charge in [-0.15, -0.1) is 0 Å². The second-order valence-corrected chi connectivity index (χ2v) is 5.54. The SMILES string of the molecule is COC(=O)c1cc2cc(Cl)ccc2n1C(=O)OCc1ccccc1. The molecule has 0 fully saturated rings. The Kier molecular flexibility index (Phi) is 4.53. The van der Waals surface area contributed by atoms with Gasteiger partial charge in [0.1, 0.15) is 12.3 Å². The highest BCUT2D eigenvalue weighted by molar-refractivity contribution is 6.31. The molecule has 1 heterocycles. The number of hydrogen-bond acceptors (Lipinski definition) is 4. The van der Waals surface area contributed by atoms with Gasteiger partial charge in [-0.2, -0.15) is 0 Å². The Balaban J connectivity index is 1.96. The molecule has 0 aliphatic rings. The number of carbonyl (C=O) groups is 2. The van der Waals surface area contributed by atoms with E-state index < -0.39 is 12.1 Å². The van der Waals surface area contributed by atoms with Crippen LogP contribution in [-0.4, -0.2) is 23.7 Å². The van der Waals surface area contributed by atoms with Crippen molar-refractivity contribution in [1.29, 1.82) is 0 Å². The molecule has 0 spiro atoms. The Labute approximate surface area is 143 Å². The molecule has 0 bridgehead atoms. The van der Waals surface area contributed by atoms with Gasteiger partial charge < -0.3 is 9.47 Å². The minimum Gasteiger partial charge on any atom is -0.464 e. The quantitative estimate of drug-likeness (QED) is 0.666. The van der Waals surface area contributed by atoms with Crippen LogP contribution in [0.3, 0.4) is 0 Å². The van der Waals surface area contributed by atoms with Crippen LogP contribution in [0.5, 0.6) is 0 Å². The van der Waals surface area contributed by atoms with Crippen molar-refractivity contribution >= 4 is 34.6 Å². The fourth-order valence-electron chi connectivity index (χ4n) is 2.42. The fraction of sp³-hybridized carbons (Fsp3) is 0.111. The number of nitrogens with zero attached hydrogens (tertiary/aromatic N) is 1. The summed E-state index contributed by atoms with van der Waals surface area (Å²) in [4.78, 5) is 24.5. The molecule has 1 aromatic heterocycles. The average Bonchev–Trinajstić information content (AvgIpc) is 2.98. The summed E-state index contributed by atoms with van der Waals surface area (Å²) < 4.78 is 11.3. The third-order valence-corrected chi connectivity index (χ3v) is 3.78. The van der Waals surface area contributed by atoms with E-state index in [1.165, 1.54) is 11.7 Å². The van der Waals surface area contributed by atoms with Gasteiger partial charge in [0, 0.05) is 10.4 Å². The third-order valence-electron chi connectivity index (χ3n) is 3.55. The van der Waals surface area contributed by atoms with Crippen molar-refractivity contribution in [2.75, 3.05) is 7.11 Å². The minimum absolute atomic E-state index is 0.0906. The lowest BCUT2D eigenvalue weighted by atomic mass is 10.2. The molecular weight excluding hydrogens is 330 g/mol. The maximum absolute atomic E-state index is 12.5. The van der Waals surface area contributed by atoms with Gasteiger partial charge >= 0.3 is 12.1 Å². The summed E-state index contributed by atoms with van der Waals surface area (Å²) in [6.45, 7) is 0.105. The average molecular weight is 344 g/mol. The van der Waals surface area contributed by atoms with E-state index in [0.29, 0.717) is 15.9 Å².